The van der Waals surface area contributed by atoms with Crippen molar-refractivity contribution in [2.24, 2.45) is 11.3 Å². The third kappa shape index (κ3) is 10.6. The van der Waals surface area contributed by atoms with Gasteiger partial charge in [0.15, 0.2) is 11.5 Å². The number of ether oxygens (including phenoxy) is 3. The van der Waals surface area contributed by atoms with Crippen molar-refractivity contribution in [2.75, 3.05) is 39.9 Å². The van der Waals surface area contributed by atoms with E-state index in [1.54, 1.807) is 7.11 Å². The van der Waals surface area contributed by atoms with Gasteiger partial charge in [0.2, 0.25) is 5.91 Å². The van der Waals surface area contributed by atoms with Gasteiger partial charge in [0.1, 0.15) is 12.4 Å². The molecule has 0 saturated carbocycles. The average molecular weight is 671 g/mol. The molecular weight excluding hydrogens is 625 g/mol. The Kier molecular flexibility index (Phi) is 12.7. The van der Waals surface area contributed by atoms with Crippen LogP contribution in [0.1, 0.15) is 49.8 Å². The van der Waals surface area contributed by atoms with Crippen molar-refractivity contribution < 1.29 is 42.1 Å². The van der Waals surface area contributed by atoms with Crippen LogP contribution in [0.3, 0.4) is 0 Å². The molecule has 2 aliphatic rings. The van der Waals surface area contributed by atoms with Crippen molar-refractivity contribution in [3.8, 4) is 17.2 Å². The fourth-order valence-electron chi connectivity index (χ4n) is 5.98. The summed E-state index contributed by atoms with van der Waals surface area (Å²) < 4.78 is 49.4. The lowest BCUT2D eigenvalue weighted by atomic mass is 9.77. The molecule has 3 aromatic carbocycles. The van der Waals surface area contributed by atoms with Crippen LogP contribution in [0.25, 0.3) is 0 Å². The molecule has 0 atom stereocenters. The van der Waals surface area contributed by atoms with E-state index in [0.717, 1.165) is 75.5 Å². The lowest BCUT2D eigenvalue weighted by molar-refractivity contribution is -0.192. The van der Waals surface area contributed by atoms with Crippen LogP contribution < -0.4 is 14.2 Å². The van der Waals surface area contributed by atoms with E-state index in [1.165, 1.54) is 5.56 Å². The Labute approximate surface area is 280 Å². The molecule has 260 valence electrons. The number of aliphatic carboxylic acids is 1. The van der Waals surface area contributed by atoms with E-state index in [9.17, 15) is 18.0 Å². The zero-order chi connectivity index (χ0) is 34.7. The van der Waals surface area contributed by atoms with E-state index in [-0.39, 0.29) is 11.3 Å². The maximum absolute atomic E-state index is 13.3. The minimum atomic E-state index is -5.08. The van der Waals surface area contributed by atoms with E-state index in [2.05, 4.69) is 47.9 Å². The smallest absolute Gasteiger partial charge is 0.490 e. The SMILES string of the molecule is COc1cc(CC(=O)N2CCC3(CCN(Cc4ccccc4OCC(C)C)CC3)C2)ccc1OCc1ccccc1.O=C(O)C(F)(F)F. The summed E-state index contributed by atoms with van der Waals surface area (Å²) in [6, 6.07) is 24.3. The maximum atomic E-state index is 13.3. The number of carbonyl (C=O) groups excluding carboxylic acids is 1. The second-order valence-electron chi connectivity index (χ2n) is 12.9. The quantitative estimate of drug-likeness (QED) is 0.235. The minimum absolute atomic E-state index is 0.195. The highest BCUT2D eigenvalue weighted by Gasteiger charge is 2.42. The summed E-state index contributed by atoms with van der Waals surface area (Å²) in [6.07, 6.45) is -1.35. The number of para-hydroxylation sites is 1. The number of carboxylic acid groups (broad SMARTS) is 1. The number of alkyl halides is 3. The third-order valence-corrected chi connectivity index (χ3v) is 8.71. The number of rotatable bonds is 11. The first kappa shape index (κ1) is 36.6. The lowest BCUT2D eigenvalue weighted by Gasteiger charge is -2.39. The van der Waals surface area contributed by atoms with Gasteiger partial charge in [-0.15, -0.1) is 0 Å². The second-order valence-corrected chi connectivity index (χ2v) is 12.9. The number of hydrogen-bond donors (Lipinski definition) is 1. The first-order chi connectivity index (χ1) is 22.9. The van der Waals surface area contributed by atoms with E-state index >= 15 is 0 Å². The van der Waals surface area contributed by atoms with Crippen molar-refractivity contribution in [3.05, 3.63) is 89.5 Å². The van der Waals surface area contributed by atoms with E-state index in [0.29, 0.717) is 30.4 Å². The molecule has 8 nitrogen and oxygen atoms in total. The van der Waals surface area contributed by atoms with Gasteiger partial charge in [-0.05, 0) is 73.0 Å². The van der Waals surface area contributed by atoms with Crippen LogP contribution >= 0.6 is 0 Å². The Bertz CT molecular complexity index is 1490. The van der Waals surface area contributed by atoms with Crippen LogP contribution in [0, 0.1) is 11.3 Å². The third-order valence-electron chi connectivity index (χ3n) is 8.71. The molecule has 11 heteroatoms. The lowest BCUT2D eigenvalue weighted by Crippen LogP contribution is -2.42. The fourth-order valence-corrected chi connectivity index (χ4v) is 5.98. The molecular formula is C37H45F3N2O6. The molecule has 0 radical (unpaired) electrons. The van der Waals surface area contributed by atoms with Gasteiger partial charge in [-0.2, -0.15) is 13.2 Å². The maximum Gasteiger partial charge on any atom is 0.490 e. The van der Waals surface area contributed by atoms with Crippen LogP contribution in [0.5, 0.6) is 17.2 Å². The summed E-state index contributed by atoms with van der Waals surface area (Å²) in [5.41, 5.74) is 3.56. The van der Waals surface area contributed by atoms with Crippen LogP contribution in [0.4, 0.5) is 13.2 Å². The Morgan fingerprint density at radius 2 is 1.50 bits per heavy atom. The second kappa shape index (κ2) is 16.7. The van der Waals surface area contributed by atoms with Gasteiger partial charge in [0.25, 0.3) is 0 Å². The zero-order valence-electron chi connectivity index (χ0n) is 27.8. The van der Waals surface area contributed by atoms with Gasteiger partial charge < -0.3 is 24.2 Å². The molecule has 1 spiro atoms. The normalized spacial score (nSPS) is 15.9. The van der Waals surface area contributed by atoms with E-state index in [4.69, 9.17) is 24.1 Å². The van der Waals surface area contributed by atoms with Crippen LogP contribution in [-0.4, -0.2) is 72.9 Å². The summed E-state index contributed by atoms with van der Waals surface area (Å²) in [4.78, 5) is 26.8. The molecule has 0 unspecified atom stereocenters. The number of halogens is 3. The summed E-state index contributed by atoms with van der Waals surface area (Å²) >= 11 is 0. The summed E-state index contributed by atoms with van der Waals surface area (Å²) in [6.45, 7) is 10.3. The molecule has 3 aromatic rings. The highest BCUT2D eigenvalue weighted by atomic mass is 19.4. The number of amides is 1. The number of benzene rings is 3. The summed E-state index contributed by atoms with van der Waals surface area (Å²) in [5, 5.41) is 7.12. The molecule has 1 amide bonds. The molecule has 2 saturated heterocycles. The summed E-state index contributed by atoms with van der Waals surface area (Å²) in [7, 11) is 1.64. The van der Waals surface area contributed by atoms with Gasteiger partial charge >= 0.3 is 12.1 Å². The molecule has 0 aliphatic carbocycles. The monoisotopic (exact) mass is 670 g/mol. The van der Waals surface area contributed by atoms with Crippen LogP contribution in [-0.2, 0) is 29.2 Å². The van der Waals surface area contributed by atoms with Gasteiger partial charge in [0.05, 0.1) is 20.1 Å². The number of carboxylic acids is 1. The van der Waals surface area contributed by atoms with Crippen molar-refractivity contribution in [3.63, 3.8) is 0 Å². The number of hydrogen-bond acceptors (Lipinski definition) is 6. The van der Waals surface area contributed by atoms with Gasteiger partial charge in [-0.1, -0.05) is 68.4 Å². The Balaban J connectivity index is 0.000000671. The predicted octanol–water partition coefficient (Wildman–Crippen LogP) is 7.00. The largest absolute Gasteiger partial charge is 0.493 e. The fraction of sp³-hybridized carbons (Fsp3) is 0.459. The minimum Gasteiger partial charge on any atom is -0.493 e. The Hall–Kier alpha value is -4.25. The number of piperidine rings is 1. The topological polar surface area (TPSA) is 88.5 Å². The van der Waals surface area contributed by atoms with Gasteiger partial charge in [-0.3, -0.25) is 9.69 Å². The summed E-state index contributed by atoms with van der Waals surface area (Å²) in [5.74, 6) is 0.298. The van der Waals surface area contributed by atoms with Gasteiger partial charge in [0, 0.05) is 25.2 Å². The van der Waals surface area contributed by atoms with Crippen molar-refractivity contribution in [2.45, 2.75) is 58.9 Å². The van der Waals surface area contributed by atoms with Crippen LogP contribution in [0.2, 0.25) is 0 Å². The molecule has 48 heavy (non-hydrogen) atoms. The Morgan fingerprint density at radius 1 is 0.854 bits per heavy atom. The number of methoxy groups -OCH3 is 1. The van der Waals surface area contributed by atoms with Crippen molar-refractivity contribution in [1.29, 1.82) is 0 Å². The van der Waals surface area contributed by atoms with E-state index in [1.807, 2.05) is 48.5 Å². The highest BCUT2D eigenvalue weighted by molar-refractivity contribution is 5.79. The Morgan fingerprint density at radius 3 is 2.15 bits per heavy atom. The molecule has 2 aliphatic heterocycles. The number of carbonyl (C=O) groups is 2. The molecule has 2 fully saturated rings. The number of nitrogens with zero attached hydrogens (tertiary/aromatic N) is 2. The molecule has 0 bridgehead atoms. The van der Waals surface area contributed by atoms with Crippen molar-refractivity contribution >= 4 is 11.9 Å². The molecule has 2 heterocycles. The van der Waals surface area contributed by atoms with E-state index < -0.39 is 12.1 Å². The first-order valence-electron chi connectivity index (χ1n) is 16.2. The standard InChI is InChI=1S/C35H44N2O4.C2HF3O2/c1-27(2)24-40-31-12-8-7-11-30(31)23-36-18-15-35(16-19-36)17-20-37(26-35)34(38)22-29-13-14-32(33(21-29)39-3)41-25-28-9-5-4-6-10-28;3-2(4,5)1(6)7/h4-14,21,27H,15-20,22-26H2,1-3H3;(H,6,7). The van der Waals surface area contributed by atoms with Crippen molar-refractivity contribution in [1.82, 2.24) is 9.80 Å². The van der Waals surface area contributed by atoms with Crippen LogP contribution in [0.15, 0.2) is 72.8 Å². The average Bonchev–Trinajstić information content (AvgIpc) is 3.48. The zero-order valence-corrected chi connectivity index (χ0v) is 27.8. The predicted molar refractivity (Wildman–Crippen MR) is 176 cm³/mol. The molecule has 1 N–H and O–H groups in total. The highest BCUT2D eigenvalue weighted by Crippen LogP contribution is 2.41. The first-order valence-corrected chi connectivity index (χ1v) is 16.2. The molecule has 5 rings (SSSR count). The molecule has 0 aromatic heterocycles. The van der Waals surface area contributed by atoms with Gasteiger partial charge in [-0.25, -0.2) is 4.79 Å². The number of likely N-dealkylation sites (tertiary alicyclic amines) is 2.